The average molecular weight is 442 g/mol. The van der Waals surface area contributed by atoms with Gasteiger partial charge in [-0.05, 0) is 24.0 Å². The van der Waals surface area contributed by atoms with Crippen molar-refractivity contribution in [1.82, 2.24) is 29.9 Å². The largest absolute Gasteiger partial charge is 0.379 e. The van der Waals surface area contributed by atoms with E-state index in [4.69, 9.17) is 9.73 Å². The first-order chi connectivity index (χ1) is 15.7. The first-order valence-corrected chi connectivity index (χ1v) is 11.9. The minimum Gasteiger partial charge on any atom is -0.379 e. The third-order valence-corrected chi connectivity index (χ3v) is 5.86. The third kappa shape index (κ3) is 7.60. The molecule has 1 aliphatic heterocycles. The van der Waals surface area contributed by atoms with Crippen molar-refractivity contribution >= 4 is 5.96 Å². The van der Waals surface area contributed by atoms with Gasteiger partial charge in [0.25, 0.3) is 0 Å². The number of aromatic nitrogens is 3. The number of nitrogens with one attached hydrogen (secondary N) is 1. The molecule has 1 saturated heterocycles. The number of aryl methyl sites for hydroxylation is 2. The van der Waals surface area contributed by atoms with Crippen molar-refractivity contribution in [3.05, 3.63) is 47.5 Å². The molecule has 2 heterocycles. The van der Waals surface area contributed by atoms with Crippen LogP contribution in [0.2, 0.25) is 0 Å². The minimum atomic E-state index is 0.784. The van der Waals surface area contributed by atoms with Crippen molar-refractivity contribution in [2.75, 3.05) is 53.0 Å². The van der Waals surface area contributed by atoms with Crippen LogP contribution in [0.1, 0.15) is 37.2 Å². The van der Waals surface area contributed by atoms with Gasteiger partial charge in [0, 0.05) is 59.3 Å². The maximum atomic E-state index is 5.44. The lowest BCUT2D eigenvalue weighted by molar-refractivity contribution is 0.0377. The number of morpholine rings is 1. The Labute approximate surface area is 192 Å². The standard InChI is InChI=1S/C24H39N7O/c1-4-21-7-9-22(10-8-21)19-29(3)24(25-11-6-13-30-15-17-32-18-16-30)26-12-14-31-20-27-28-23(31)5-2/h7-10,20H,4-6,11-19H2,1-3H3,(H,25,26). The van der Waals surface area contributed by atoms with Gasteiger partial charge in [-0.25, -0.2) is 0 Å². The van der Waals surface area contributed by atoms with Crippen LogP contribution in [0.3, 0.4) is 0 Å². The molecule has 0 radical (unpaired) electrons. The fourth-order valence-corrected chi connectivity index (χ4v) is 3.87. The quantitative estimate of drug-likeness (QED) is 0.328. The number of hydrogen-bond donors (Lipinski definition) is 1. The second-order valence-electron chi connectivity index (χ2n) is 8.26. The molecule has 1 aromatic heterocycles. The molecular formula is C24H39N7O. The van der Waals surface area contributed by atoms with Gasteiger partial charge < -0.3 is 19.5 Å². The van der Waals surface area contributed by atoms with Gasteiger partial charge in [-0.2, -0.15) is 0 Å². The van der Waals surface area contributed by atoms with Gasteiger partial charge >= 0.3 is 0 Å². The highest BCUT2D eigenvalue weighted by Crippen LogP contribution is 2.08. The first-order valence-electron chi connectivity index (χ1n) is 11.9. The molecule has 0 unspecified atom stereocenters. The summed E-state index contributed by atoms with van der Waals surface area (Å²) in [4.78, 5) is 9.61. The van der Waals surface area contributed by atoms with Crippen molar-refractivity contribution in [2.24, 2.45) is 4.99 Å². The fourth-order valence-electron chi connectivity index (χ4n) is 3.87. The summed E-state index contributed by atoms with van der Waals surface area (Å²) >= 11 is 0. The topological polar surface area (TPSA) is 70.8 Å². The van der Waals surface area contributed by atoms with Crippen LogP contribution in [-0.4, -0.2) is 83.5 Å². The van der Waals surface area contributed by atoms with Crippen LogP contribution in [0.4, 0.5) is 0 Å². The number of guanidine groups is 1. The van der Waals surface area contributed by atoms with Crippen LogP contribution in [-0.2, 0) is 30.7 Å². The van der Waals surface area contributed by atoms with E-state index in [9.17, 15) is 0 Å². The van der Waals surface area contributed by atoms with Crippen molar-refractivity contribution in [1.29, 1.82) is 0 Å². The van der Waals surface area contributed by atoms with Gasteiger partial charge in [-0.15, -0.1) is 10.2 Å². The van der Waals surface area contributed by atoms with E-state index in [0.717, 1.165) is 90.1 Å². The van der Waals surface area contributed by atoms with E-state index in [2.05, 4.69) is 75.0 Å². The first kappa shape index (κ1) is 24.2. The SMILES string of the molecule is CCc1ccc(CN(C)C(=NCCCN2CCOCC2)NCCn2cnnc2CC)cc1. The molecule has 0 aliphatic carbocycles. The molecule has 0 bridgehead atoms. The number of aliphatic imine (C=N–C) groups is 1. The van der Waals surface area contributed by atoms with E-state index < -0.39 is 0 Å². The van der Waals surface area contributed by atoms with Gasteiger partial charge in [-0.3, -0.25) is 9.89 Å². The lowest BCUT2D eigenvalue weighted by Gasteiger charge is -2.26. The molecule has 176 valence electrons. The monoisotopic (exact) mass is 441 g/mol. The van der Waals surface area contributed by atoms with Crippen molar-refractivity contribution in [3.63, 3.8) is 0 Å². The van der Waals surface area contributed by atoms with E-state index in [0.29, 0.717) is 0 Å². The van der Waals surface area contributed by atoms with Gasteiger partial charge in [-0.1, -0.05) is 38.1 Å². The maximum absolute atomic E-state index is 5.44. The normalized spacial score (nSPS) is 15.2. The molecule has 0 spiro atoms. The number of nitrogens with zero attached hydrogens (tertiary/aromatic N) is 6. The van der Waals surface area contributed by atoms with Crippen LogP contribution in [0, 0.1) is 0 Å². The smallest absolute Gasteiger partial charge is 0.194 e. The molecule has 2 aromatic rings. The summed E-state index contributed by atoms with van der Waals surface area (Å²) in [6.45, 7) is 12.4. The number of ether oxygens (including phenoxy) is 1. The van der Waals surface area contributed by atoms with E-state index in [1.807, 2.05) is 0 Å². The predicted octanol–water partition coefficient (Wildman–Crippen LogP) is 2.20. The maximum Gasteiger partial charge on any atom is 0.194 e. The van der Waals surface area contributed by atoms with Crippen LogP contribution < -0.4 is 5.32 Å². The lowest BCUT2D eigenvalue weighted by atomic mass is 10.1. The zero-order valence-electron chi connectivity index (χ0n) is 20.0. The Morgan fingerprint density at radius 2 is 1.84 bits per heavy atom. The summed E-state index contributed by atoms with van der Waals surface area (Å²) in [5.41, 5.74) is 2.66. The average Bonchev–Trinajstić information content (AvgIpc) is 3.29. The molecular weight excluding hydrogens is 402 g/mol. The molecule has 3 rings (SSSR count). The Hall–Kier alpha value is -2.45. The van der Waals surface area contributed by atoms with E-state index >= 15 is 0 Å². The summed E-state index contributed by atoms with van der Waals surface area (Å²) in [5, 5.41) is 11.8. The third-order valence-electron chi connectivity index (χ3n) is 5.86. The molecule has 8 heteroatoms. The Morgan fingerprint density at radius 3 is 2.56 bits per heavy atom. The summed E-state index contributed by atoms with van der Waals surface area (Å²) in [7, 11) is 2.11. The molecule has 8 nitrogen and oxygen atoms in total. The Kier molecular flexibility index (Phi) is 9.97. The Morgan fingerprint density at radius 1 is 1.09 bits per heavy atom. The van der Waals surface area contributed by atoms with E-state index in [-0.39, 0.29) is 0 Å². The highest BCUT2D eigenvalue weighted by molar-refractivity contribution is 5.79. The van der Waals surface area contributed by atoms with Crippen LogP contribution >= 0.6 is 0 Å². The summed E-state index contributed by atoms with van der Waals surface area (Å²) in [6, 6.07) is 8.87. The molecule has 0 amide bonds. The molecule has 0 atom stereocenters. The second kappa shape index (κ2) is 13.2. The Balaban J connectivity index is 1.56. The fraction of sp³-hybridized carbons (Fsp3) is 0.625. The molecule has 1 N–H and O–H groups in total. The van der Waals surface area contributed by atoms with Crippen molar-refractivity contribution in [2.45, 2.75) is 46.2 Å². The van der Waals surface area contributed by atoms with Gasteiger partial charge in [0.1, 0.15) is 12.2 Å². The number of benzene rings is 1. The zero-order chi connectivity index (χ0) is 22.6. The van der Waals surface area contributed by atoms with Gasteiger partial charge in [0.2, 0.25) is 0 Å². The Bertz CT molecular complexity index is 812. The van der Waals surface area contributed by atoms with Gasteiger partial charge in [0.05, 0.1) is 13.2 Å². The summed E-state index contributed by atoms with van der Waals surface area (Å²) in [5.74, 6) is 1.96. The molecule has 0 saturated carbocycles. The van der Waals surface area contributed by atoms with E-state index in [1.54, 1.807) is 6.33 Å². The molecule has 1 aromatic carbocycles. The number of hydrogen-bond acceptors (Lipinski definition) is 5. The van der Waals surface area contributed by atoms with Crippen LogP contribution in [0.5, 0.6) is 0 Å². The lowest BCUT2D eigenvalue weighted by Crippen LogP contribution is -2.40. The molecule has 32 heavy (non-hydrogen) atoms. The van der Waals surface area contributed by atoms with Crippen molar-refractivity contribution in [3.8, 4) is 0 Å². The molecule has 1 aliphatic rings. The van der Waals surface area contributed by atoms with Crippen molar-refractivity contribution < 1.29 is 4.74 Å². The number of rotatable bonds is 11. The van der Waals surface area contributed by atoms with E-state index in [1.165, 1.54) is 11.1 Å². The predicted molar refractivity (Wildman–Crippen MR) is 129 cm³/mol. The summed E-state index contributed by atoms with van der Waals surface area (Å²) in [6.07, 6.45) is 4.81. The summed E-state index contributed by atoms with van der Waals surface area (Å²) < 4.78 is 7.55. The highest BCUT2D eigenvalue weighted by Gasteiger charge is 2.11. The van der Waals surface area contributed by atoms with Crippen LogP contribution in [0.25, 0.3) is 0 Å². The zero-order valence-corrected chi connectivity index (χ0v) is 20.0. The molecule has 1 fully saturated rings. The highest BCUT2D eigenvalue weighted by atomic mass is 16.5. The minimum absolute atomic E-state index is 0.784. The van der Waals surface area contributed by atoms with Crippen LogP contribution in [0.15, 0.2) is 35.6 Å². The van der Waals surface area contributed by atoms with Gasteiger partial charge in [0.15, 0.2) is 5.96 Å². The second-order valence-corrected chi connectivity index (χ2v) is 8.26.